The molecule has 1 aliphatic rings. The van der Waals surface area contributed by atoms with Crippen molar-refractivity contribution in [3.63, 3.8) is 0 Å². The van der Waals surface area contributed by atoms with Crippen molar-refractivity contribution in [2.24, 2.45) is 17.6 Å². The van der Waals surface area contributed by atoms with E-state index in [1.807, 2.05) is 24.3 Å². The molecule has 1 aromatic carbocycles. The third-order valence-electron chi connectivity index (χ3n) is 5.56. The van der Waals surface area contributed by atoms with Crippen molar-refractivity contribution in [3.05, 3.63) is 46.1 Å². The molecule has 0 spiro atoms. The summed E-state index contributed by atoms with van der Waals surface area (Å²) in [5.41, 5.74) is 7.22. The van der Waals surface area contributed by atoms with Gasteiger partial charge in [-0.1, -0.05) is 29.8 Å². The highest BCUT2D eigenvalue weighted by Gasteiger charge is 2.22. The summed E-state index contributed by atoms with van der Waals surface area (Å²) in [6.45, 7) is 3.57. The standard InChI is InChI=1S/C21H28ClN5O2/c1-13-18(20(28)29)19(24-11-15-8-6-14(10-23)7-9-15)27-21(26-13)25-12-16-4-2-3-5-17(16)22/h2-5,14-15H,6-12,23H2,1H3,(H,28,29)(H2,24,25,26,27). The lowest BCUT2D eigenvalue weighted by Gasteiger charge is -2.28. The molecule has 0 aliphatic heterocycles. The first-order valence-corrected chi connectivity index (χ1v) is 10.4. The number of hydrogen-bond donors (Lipinski definition) is 4. The molecule has 5 N–H and O–H groups in total. The second kappa shape index (κ2) is 9.89. The van der Waals surface area contributed by atoms with Crippen molar-refractivity contribution in [2.45, 2.75) is 39.2 Å². The van der Waals surface area contributed by atoms with Crippen LogP contribution >= 0.6 is 11.6 Å². The van der Waals surface area contributed by atoms with Crippen molar-refractivity contribution in [2.75, 3.05) is 23.7 Å². The number of carboxylic acid groups (broad SMARTS) is 1. The van der Waals surface area contributed by atoms with E-state index in [2.05, 4.69) is 20.6 Å². The van der Waals surface area contributed by atoms with E-state index in [0.717, 1.165) is 37.8 Å². The number of aryl methyl sites for hydroxylation is 1. The summed E-state index contributed by atoms with van der Waals surface area (Å²) < 4.78 is 0. The van der Waals surface area contributed by atoms with Gasteiger partial charge in [0.15, 0.2) is 0 Å². The lowest BCUT2D eigenvalue weighted by atomic mass is 9.82. The summed E-state index contributed by atoms with van der Waals surface area (Å²) in [5, 5.41) is 16.7. The molecule has 0 radical (unpaired) electrons. The summed E-state index contributed by atoms with van der Waals surface area (Å²) in [7, 11) is 0. The average molecular weight is 418 g/mol. The van der Waals surface area contributed by atoms with E-state index in [1.54, 1.807) is 6.92 Å². The monoisotopic (exact) mass is 417 g/mol. The second-order valence-corrected chi connectivity index (χ2v) is 8.02. The molecule has 29 heavy (non-hydrogen) atoms. The Balaban J connectivity index is 1.70. The number of nitrogens with two attached hydrogens (primary N) is 1. The topological polar surface area (TPSA) is 113 Å². The van der Waals surface area contributed by atoms with Crippen molar-refractivity contribution < 1.29 is 9.90 Å². The van der Waals surface area contributed by atoms with Gasteiger partial charge in [0.1, 0.15) is 11.4 Å². The Morgan fingerprint density at radius 1 is 1.17 bits per heavy atom. The van der Waals surface area contributed by atoms with Crippen LogP contribution < -0.4 is 16.4 Å². The SMILES string of the molecule is Cc1nc(NCc2ccccc2Cl)nc(NCC2CCC(CN)CC2)c1C(=O)O. The molecule has 1 saturated carbocycles. The zero-order chi connectivity index (χ0) is 20.8. The molecule has 0 atom stereocenters. The highest BCUT2D eigenvalue weighted by atomic mass is 35.5. The molecule has 0 unspecified atom stereocenters. The molecule has 1 fully saturated rings. The quantitative estimate of drug-likeness (QED) is 0.514. The summed E-state index contributed by atoms with van der Waals surface area (Å²) in [6.07, 6.45) is 4.45. The van der Waals surface area contributed by atoms with Gasteiger partial charge >= 0.3 is 5.97 Å². The Labute approximate surface area is 176 Å². The number of aromatic nitrogens is 2. The van der Waals surface area contributed by atoms with Crippen LogP contribution in [0, 0.1) is 18.8 Å². The van der Waals surface area contributed by atoms with Crippen molar-refractivity contribution >= 4 is 29.3 Å². The number of rotatable bonds is 8. The van der Waals surface area contributed by atoms with E-state index in [4.69, 9.17) is 17.3 Å². The zero-order valence-corrected chi connectivity index (χ0v) is 17.4. The van der Waals surface area contributed by atoms with Crippen LogP contribution in [0.5, 0.6) is 0 Å². The Morgan fingerprint density at radius 3 is 2.52 bits per heavy atom. The highest BCUT2D eigenvalue weighted by Crippen LogP contribution is 2.29. The molecule has 3 rings (SSSR count). The average Bonchev–Trinajstić information content (AvgIpc) is 2.71. The Morgan fingerprint density at radius 2 is 1.86 bits per heavy atom. The first-order valence-electron chi connectivity index (χ1n) is 10.0. The van der Waals surface area contributed by atoms with E-state index in [0.29, 0.717) is 47.4 Å². The Hall–Kier alpha value is -2.38. The van der Waals surface area contributed by atoms with Crippen LogP contribution in [-0.2, 0) is 6.54 Å². The van der Waals surface area contributed by atoms with Gasteiger partial charge in [0.25, 0.3) is 0 Å². The molecule has 1 aromatic heterocycles. The van der Waals surface area contributed by atoms with E-state index in [1.165, 1.54) is 0 Å². The predicted molar refractivity (Wildman–Crippen MR) is 115 cm³/mol. The fourth-order valence-corrected chi connectivity index (χ4v) is 3.97. The summed E-state index contributed by atoms with van der Waals surface area (Å²) >= 11 is 6.20. The number of carboxylic acids is 1. The molecule has 0 amide bonds. The van der Waals surface area contributed by atoms with Crippen molar-refractivity contribution in [1.29, 1.82) is 0 Å². The van der Waals surface area contributed by atoms with Crippen molar-refractivity contribution in [3.8, 4) is 0 Å². The minimum absolute atomic E-state index is 0.115. The number of hydrogen-bond acceptors (Lipinski definition) is 6. The minimum Gasteiger partial charge on any atom is -0.477 e. The van der Waals surface area contributed by atoms with Gasteiger partial charge < -0.3 is 21.5 Å². The van der Waals surface area contributed by atoms with Crippen LogP contribution in [0.15, 0.2) is 24.3 Å². The molecule has 0 saturated heterocycles. The number of nitrogens with one attached hydrogen (secondary N) is 2. The van der Waals surface area contributed by atoms with Gasteiger partial charge in [0.2, 0.25) is 5.95 Å². The number of anilines is 2. The van der Waals surface area contributed by atoms with Gasteiger partial charge in [-0.05, 0) is 62.6 Å². The van der Waals surface area contributed by atoms with Crippen LogP contribution in [0.2, 0.25) is 5.02 Å². The molecule has 2 aromatic rings. The van der Waals surface area contributed by atoms with Gasteiger partial charge in [-0.15, -0.1) is 0 Å². The number of nitrogens with zero attached hydrogens (tertiary/aromatic N) is 2. The molecule has 1 heterocycles. The maximum absolute atomic E-state index is 11.7. The van der Waals surface area contributed by atoms with Gasteiger partial charge in [0.05, 0.1) is 5.69 Å². The van der Waals surface area contributed by atoms with Gasteiger partial charge in [-0.3, -0.25) is 0 Å². The Bertz CT molecular complexity index is 853. The molecular weight excluding hydrogens is 390 g/mol. The third kappa shape index (κ3) is 5.58. The molecule has 7 nitrogen and oxygen atoms in total. The van der Waals surface area contributed by atoms with Crippen LogP contribution in [-0.4, -0.2) is 34.1 Å². The smallest absolute Gasteiger partial charge is 0.341 e. The summed E-state index contributed by atoms with van der Waals surface area (Å²) in [4.78, 5) is 20.5. The highest BCUT2D eigenvalue weighted by molar-refractivity contribution is 6.31. The minimum atomic E-state index is -1.03. The van der Waals surface area contributed by atoms with Crippen LogP contribution in [0.1, 0.15) is 47.3 Å². The molecule has 8 heteroatoms. The third-order valence-corrected chi connectivity index (χ3v) is 5.93. The number of carbonyl (C=O) groups is 1. The fraction of sp³-hybridized carbons (Fsp3) is 0.476. The maximum atomic E-state index is 11.7. The van der Waals surface area contributed by atoms with E-state index >= 15 is 0 Å². The molecule has 156 valence electrons. The van der Waals surface area contributed by atoms with Gasteiger partial charge in [0, 0.05) is 18.1 Å². The van der Waals surface area contributed by atoms with Crippen molar-refractivity contribution in [1.82, 2.24) is 9.97 Å². The number of benzene rings is 1. The van der Waals surface area contributed by atoms with Gasteiger partial charge in [-0.25, -0.2) is 9.78 Å². The summed E-state index contributed by atoms with van der Waals surface area (Å²) in [6, 6.07) is 7.53. The zero-order valence-electron chi connectivity index (χ0n) is 16.6. The number of halogens is 1. The number of aromatic carboxylic acids is 1. The van der Waals surface area contributed by atoms with E-state index in [9.17, 15) is 9.90 Å². The summed E-state index contributed by atoms with van der Waals surface area (Å²) in [5.74, 6) is 0.806. The molecular formula is C21H28ClN5O2. The lowest BCUT2D eigenvalue weighted by molar-refractivity contribution is 0.0696. The van der Waals surface area contributed by atoms with E-state index in [-0.39, 0.29) is 5.56 Å². The van der Waals surface area contributed by atoms with E-state index < -0.39 is 5.97 Å². The largest absolute Gasteiger partial charge is 0.477 e. The maximum Gasteiger partial charge on any atom is 0.341 e. The first kappa shape index (κ1) is 21.3. The first-order chi connectivity index (χ1) is 14.0. The lowest BCUT2D eigenvalue weighted by Crippen LogP contribution is -2.26. The second-order valence-electron chi connectivity index (χ2n) is 7.61. The Kier molecular flexibility index (Phi) is 7.28. The van der Waals surface area contributed by atoms with Crippen LogP contribution in [0.4, 0.5) is 11.8 Å². The predicted octanol–water partition coefficient (Wildman–Crippen LogP) is 3.93. The normalized spacial score (nSPS) is 19.0. The van der Waals surface area contributed by atoms with Crippen LogP contribution in [0.3, 0.4) is 0 Å². The fourth-order valence-electron chi connectivity index (χ4n) is 3.76. The molecule has 1 aliphatic carbocycles. The molecule has 0 bridgehead atoms. The van der Waals surface area contributed by atoms with Crippen LogP contribution in [0.25, 0.3) is 0 Å². The van der Waals surface area contributed by atoms with Gasteiger partial charge in [-0.2, -0.15) is 4.98 Å².